The minimum atomic E-state index is -0.172. The molecule has 1 fully saturated rings. The molecule has 1 aliphatic rings. The van der Waals surface area contributed by atoms with Gasteiger partial charge < -0.3 is 0 Å². The molecule has 1 unspecified atom stereocenters. The van der Waals surface area contributed by atoms with Crippen molar-refractivity contribution in [3.8, 4) is 0 Å². The van der Waals surface area contributed by atoms with Crippen molar-refractivity contribution in [3.05, 3.63) is 35.1 Å². The van der Waals surface area contributed by atoms with Gasteiger partial charge in [0, 0.05) is 0 Å². The number of nitrogens with two attached hydrogens (primary N) is 1. The van der Waals surface area contributed by atoms with Crippen molar-refractivity contribution in [2.24, 2.45) is 11.3 Å². The molecule has 2 rings (SSSR count). The highest BCUT2D eigenvalue weighted by Crippen LogP contribution is 2.49. The Kier molecular flexibility index (Phi) is 4.03. The maximum absolute atomic E-state index is 13.6. The molecule has 0 aliphatic heterocycles. The maximum Gasteiger partial charge on any atom is 0.123 e. The standard InChI is InChI=1S/C15H23FN2/c1-3-15(6-4-5-7-15)14(18-17)12-8-11(2)9-13(16)10-12/h8-10,14,18H,3-7,17H2,1-2H3. The van der Waals surface area contributed by atoms with Crippen molar-refractivity contribution in [1.82, 2.24) is 5.43 Å². The number of nitrogens with one attached hydrogen (secondary N) is 1. The van der Waals surface area contributed by atoms with Crippen LogP contribution in [0.5, 0.6) is 0 Å². The van der Waals surface area contributed by atoms with Crippen LogP contribution in [0.1, 0.15) is 56.2 Å². The molecule has 3 N–H and O–H groups in total. The Morgan fingerprint density at radius 2 is 2.00 bits per heavy atom. The minimum absolute atomic E-state index is 0.0550. The van der Waals surface area contributed by atoms with E-state index < -0.39 is 0 Å². The first kappa shape index (κ1) is 13.5. The smallest absolute Gasteiger partial charge is 0.123 e. The molecule has 0 aromatic heterocycles. The summed E-state index contributed by atoms with van der Waals surface area (Å²) in [5.41, 5.74) is 5.07. The summed E-state index contributed by atoms with van der Waals surface area (Å²) in [6.07, 6.45) is 5.93. The van der Waals surface area contributed by atoms with Gasteiger partial charge in [-0.15, -0.1) is 0 Å². The quantitative estimate of drug-likeness (QED) is 0.633. The van der Waals surface area contributed by atoms with Crippen LogP contribution in [-0.4, -0.2) is 0 Å². The summed E-state index contributed by atoms with van der Waals surface area (Å²) in [5, 5.41) is 0. The predicted octanol–water partition coefficient (Wildman–Crippen LogP) is 3.61. The molecule has 0 saturated heterocycles. The van der Waals surface area contributed by atoms with Gasteiger partial charge in [0.1, 0.15) is 5.82 Å². The predicted molar refractivity (Wildman–Crippen MR) is 72.4 cm³/mol. The molecular formula is C15H23FN2. The maximum atomic E-state index is 13.6. The summed E-state index contributed by atoms with van der Waals surface area (Å²) in [7, 11) is 0. The van der Waals surface area contributed by atoms with Crippen LogP contribution in [0.15, 0.2) is 18.2 Å². The Morgan fingerprint density at radius 3 is 2.50 bits per heavy atom. The molecule has 0 spiro atoms. The van der Waals surface area contributed by atoms with Crippen LogP contribution in [-0.2, 0) is 0 Å². The van der Waals surface area contributed by atoms with Crippen LogP contribution >= 0.6 is 0 Å². The topological polar surface area (TPSA) is 38.0 Å². The fourth-order valence-corrected chi connectivity index (χ4v) is 3.48. The molecule has 100 valence electrons. The van der Waals surface area contributed by atoms with Gasteiger partial charge in [0.15, 0.2) is 0 Å². The Labute approximate surface area is 109 Å². The van der Waals surface area contributed by atoms with Gasteiger partial charge in [0.2, 0.25) is 0 Å². The summed E-state index contributed by atoms with van der Waals surface area (Å²) in [5.74, 6) is 5.60. The molecule has 0 bridgehead atoms. The number of hydrogen-bond donors (Lipinski definition) is 2. The third-order valence-corrected chi connectivity index (χ3v) is 4.48. The summed E-state index contributed by atoms with van der Waals surface area (Å²) < 4.78 is 13.6. The summed E-state index contributed by atoms with van der Waals surface area (Å²) in [6, 6.07) is 5.28. The molecule has 3 heteroatoms. The third kappa shape index (κ3) is 2.43. The van der Waals surface area contributed by atoms with E-state index in [1.165, 1.54) is 25.7 Å². The SMILES string of the molecule is CCC1(C(NN)c2cc(C)cc(F)c2)CCCC1. The molecule has 2 nitrogen and oxygen atoms in total. The molecule has 1 saturated carbocycles. The second-order valence-electron chi connectivity index (χ2n) is 5.58. The molecule has 1 aliphatic carbocycles. The van der Waals surface area contributed by atoms with Crippen LogP contribution in [0, 0.1) is 18.2 Å². The van der Waals surface area contributed by atoms with Gasteiger partial charge in [-0.05, 0) is 54.9 Å². The minimum Gasteiger partial charge on any atom is -0.271 e. The van der Waals surface area contributed by atoms with Crippen LogP contribution < -0.4 is 11.3 Å². The average Bonchev–Trinajstić information content (AvgIpc) is 2.78. The van der Waals surface area contributed by atoms with Crippen LogP contribution in [0.4, 0.5) is 4.39 Å². The largest absolute Gasteiger partial charge is 0.271 e. The molecule has 18 heavy (non-hydrogen) atoms. The first-order valence-corrected chi connectivity index (χ1v) is 6.84. The molecular weight excluding hydrogens is 227 g/mol. The van der Waals surface area contributed by atoms with Crippen molar-refractivity contribution in [2.45, 2.75) is 52.0 Å². The number of hydrazine groups is 1. The second-order valence-corrected chi connectivity index (χ2v) is 5.58. The zero-order valence-electron chi connectivity index (χ0n) is 11.3. The summed E-state index contributed by atoms with van der Waals surface area (Å²) >= 11 is 0. The van der Waals surface area contributed by atoms with Gasteiger partial charge in [-0.1, -0.05) is 25.8 Å². The van der Waals surface area contributed by atoms with Crippen LogP contribution in [0.25, 0.3) is 0 Å². The number of hydrogen-bond acceptors (Lipinski definition) is 2. The highest BCUT2D eigenvalue weighted by atomic mass is 19.1. The second kappa shape index (κ2) is 5.37. The lowest BCUT2D eigenvalue weighted by molar-refractivity contribution is 0.187. The lowest BCUT2D eigenvalue weighted by atomic mass is 9.73. The van der Waals surface area contributed by atoms with Gasteiger partial charge in [-0.25, -0.2) is 4.39 Å². The lowest BCUT2D eigenvalue weighted by Gasteiger charge is -2.37. The van der Waals surface area contributed by atoms with Gasteiger partial charge in [0.25, 0.3) is 0 Å². The van der Waals surface area contributed by atoms with E-state index in [4.69, 9.17) is 5.84 Å². The van der Waals surface area contributed by atoms with Gasteiger partial charge in [-0.3, -0.25) is 11.3 Å². The van der Waals surface area contributed by atoms with Crippen molar-refractivity contribution in [3.63, 3.8) is 0 Å². The molecule has 0 amide bonds. The number of benzene rings is 1. The van der Waals surface area contributed by atoms with E-state index >= 15 is 0 Å². The summed E-state index contributed by atoms with van der Waals surface area (Å²) in [6.45, 7) is 4.13. The zero-order chi connectivity index (χ0) is 13.2. The Bertz CT molecular complexity index is 391. The Balaban J connectivity index is 2.37. The Morgan fingerprint density at radius 1 is 1.33 bits per heavy atom. The molecule has 0 heterocycles. The van der Waals surface area contributed by atoms with Gasteiger partial charge >= 0.3 is 0 Å². The normalized spacial score (nSPS) is 20.0. The van der Waals surface area contributed by atoms with E-state index in [2.05, 4.69) is 12.3 Å². The van der Waals surface area contributed by atoms with Crippen molar-refractivity contribution >= 4 is 0 Å². The molecule has 0 radical (unpaired) electrons. The van der Waals surface area contributed by atoms with E-state index in [0.29, 0.717) is 0 Å². The number of halogens is 1. The monoisotopic (exact) mass is 250 g/mol. The number of aryl methyl sites for hydroxylation is 1. The van der Waals surface area contributed by atoms with Gasteiger partial charge in [0.05, 0.1) is 6.04 Å². The van der Waals surface area contributed by atoms with Crippen molar-refractivity contribution < 1.29 is 4.39 Å². The third-order valence-electron chi connectivity index (χ3n) is 4.48. The lowest BCUT2D eigenvalue weighted by Crippen LogP contribution is -2.40. The van der Waals surface area contributed by atoms with Gasteiger partial charge in [-0.2, -0.15) is 0 Å². The van der Waals surface area contributed by atoms with Crippen molar-refractivity contribution in [1.29, 1.82) is 0 Å². The summed E-state index contributed by atoms with van der Waals surface area (Å²) in [4.78, 5) is 0. The number of rotatable bonds is 4. The highest BCUT2D eigenvalue weighted by Gasteiger charge is 2.40. The average molecular weight is 250 g/mol. The molecule has 1 atom stereocenters. The highest BCUT2D eigenvalue weighted by molar-refractivity contribution is 5.28. The first-order valence-electron chi connectivity index (χ1n) is 6.84. The first-order chi connectivity index (χ1) is 8.61. The van der Waals surface area contributed by atoms with Crippen LogP contribution in [0.2, 0.25) is 0 Å². The van der Waals surface area contributed by atoms with E-state index in [1.54, 1.807) is 12.1 Å². The Hall–Kier alpha value is -0.930. The zero-order valence-corrected chi connectivity index (χ0v) is 11.3. The molecule has 1 aromatic carbocycles. The van der Waals surface area contributed by atoms with Crippen LogP contribution in [0.3, 0.4) is 0 Å². The van der Waals surface area contributed by atoms with E-state index in [9.17, 15) is 4.39 Å². The van der Waals surface area contributed by atoms with E-state index in [-0.39, 0.29) is 17.3 Å². The fourth-order valence-electron chi connectivity index (χ4n) is 3.48. The molecule has 1 aromatic rings. The van der Waals surface area contributed by atoms with Crippen molar-refractivity contribution in [2.75, 3.05) is 0 Å². The van der Waals surface area contributed by atoms with E-state index in [1.807, 2.05) is 13.0 Å². The van der Waals surface area contributed by atoms with E-state index in [0.717, 1.165) is 17.5 Å². The fraction of sp³-hybridized carbons (Fsp3) is 0.600.